The van der Waals surface area contributed by atoms with Gasteiger partial charge in [0.15, 0.2) is 11.6 Å². The van der Waals surface area contributed by atoms with Crippen molar-refractivity contribution in [2.24, 2.45) is 5.92 Å². The third-order valence-corrected chi connectivity index (χ3v) is 4.06. The fourth-order valence-electron chi connectivity index (χ4n) is 2.82. The van der Waals surface area contributed by atoms with Crippen molar-refractivity contribution < 1.29 is 4.79 Å². The summed E-state index contributed by atoms with van der Waals surface area (Å²) in [6, 6.07) is 3.70. The van der Waals surface area contributed by atoms with E-state index in [4.69, 9.17) is 0 Å². The number of amides is 1. The van der Waals surface area contributed by atoms with Crippen molar-refractivity contribution in [2.75, 3.05) is 23.3 Å². The molecule has 1 atom stereocenters. The number of carbonyl (C=O) groups is 1. The van der Waals surface area contributed by atoms with E-state index >= 15 is 0 Å². The Hall–Kier alpha value is -3.37. The van der Waals surface area contributed by atoms with Crippen molar-refractivity contribution in [3.8, 4) is 5.82 Å². The number of hydrogen-bond acceptors (Lipinski definition) is 8. The van der Waals surface area contributed by atoms with E-state index < -0.39 is 0 Å². The van der Waals surface area contributed by atoms with Crippen LogP contribution in [-0.2, 0) is 4.79 Å². The first-order valence-corrected chi connectivity index (χ1v) is 7.89. The van der Waals surface area contributed by atoms with Crippen LogP contribution >= 0.6 is 0 Å². The molecule has 0 spiro atoms. The summed E-state index contributed by atoms with van der Waals surface area (Å²) in [4.78, 5) is 22.2. The first-order chi connectivity index (χ1) is 12.3. The zero-order chi connectivity index (χ0) is 17.1. The third-order valence-electron chi connectivity index (χ3n) is 4.06. The quantitative estimate of drug-likeness (QED) is 0.680. The van der Waals surface area contributed by atoms with Gasteiger partial charge in [-0.05, 0) is 25.0 Å². The largest absolute Gasteiger partial charge is 0.354 e. The summed E-state index contributed by atoms with van der Waals surface area (Å²) in [5, 5.41) is 21.5. The van der Waals surface area contributed by atoms with Crippen molar-refractivity contribution in [1.29, 1.82) is 0 Å². The number of rotatable bonds is 4. The summed E-state index contributed by atoms with van der Waals surface area (Å²) < 4.78 is 1.54. The Morgan fingerprint density at radius 2 is 2.12 bits per heavy atom. The molecular formula is C14H16N10O. The summed E-state index contributed by atoms with van der Waals surface area (Å²) in [6.07, 6.45) is 6.09. The second-order valence-electron chi connectivity index (χ2n) is 5.70. The van der Waals surface area contributed by atoms with Crippen LogP contribution in [0, 0.1) is 5.92 Å². The number of piperidine rings is 1. The number of aromatic amines is 1. The normalized spacial score (nSPS) is 17.4. The van der Waals surface area contributed by atoms with Gasteiger partial charge in [-0.15, -0.1) is 10.2 Å². The molecule has 1 unspecified atom stereocenters. The van der Waals surface area contributed by atoms with Gasteiger partial charge in [-0.1, -0.05) is 0 Å². The minimum absolute atomic E-state index is 0.0753. The maximum atomic E-state index is 12.4. The molecule has 1 saturated heterocycles. The summed E-state index contributed by atoms with van der Waals surface area (Å²) in [5.74, 6) is 1.47. The molecule has 0 aliphatic carbocycles. The SMILES string of the molecule is O=C(Nc1ncn[nH]1)C1CCCN(c2ccc(-n3cncn3)nn2)C1. The van der Waals surface area contributed by atoms with Crippen molar-refractivity contribution >= 4 is 17.7 Å². The molecule has 25 heavy (non-hydrogen) atoms. The summed E-state index contributed by atoms with van der Waals surface area (Å²) >= 11 is 0. The second kappa shape index (κ2) is 6.63. The molecule has 0 saturated carbocycles. The van der Waals surface area contributed by atoms with Gasteiger partial charge in [0.05, 0.1) is 5.92 Å². The number of H-pyrrole nitrogens is 1. The van der Waals surface area contributed by atoms with Crippen LogP contribution in [0.4, 0.5) is 11.8 Å². The molecule has 4 rings (SSSR count). The summed E-state index contributed by atoms with van der Waals surface area (Å²) in [6.45, 7) is 1.42. The standard InChI is InChI=1S/C14H16N10O/c25-13(19-14-16-8-17-22-14)10-2-1-5-23(6-10)11-3-4-12(21-20-11)24-9-15-7-18-24/h3-4,7-10H,1-2,5-6H2,(H2,16,17,19,22,25). The molecule has 128 valence electrons. The molecule has 3 aromatic rings. The van der Waals surface area contributed by atoms with E-state index in [-0.39, 0.29) is 11.8 Å². The van der Waals surface area contributed by atoms with Crippen molar-refractivity contribution in [1.82, 2.24) is 40.1 Å². The van der Waals surface area contributed by atoms with E-state index in [0.29, 0.717) is 18.3 Å². The Kier molecular flexibility index (Phi) is 4.02. The van der Waals surface area contributed by atoms with E-state index in [9.17, 15) is 4.79 Å². The Bertz CT molecular complexity index is 814. The van der Waals surface area contributed by atoms with E-state index in [0.717, 1.165) is 25.2 Å². The lowest BCUT2D eigenvalue weighted by atomic mass is 9.97. The molecule has 0 radical (unpaired) electrons. The van der Waals surface area contributed by atoms with Gasteiger partial charge in [0, 0.05) is 13.1 Å². The fraction of sp³-hybridized carbons (Fsp3) is 0.357. The molecule has 11 nitrogen and oxygen atoms in total. The third kappa shape index (κ3) is 3.29. The smallest absolute Gasteiger partial charge is 0.231 e. The molecule has 1 amide bonds. The molecule has 11 heteroatoms. The highest BCUT2D eigenvalue weighted by Crippen LogP contribution is 2.22. The number of nitrogens with zero attached hydrogens (tertiary/aromatic N) is 8. The molecule has 0 aromatic carbocycles. The Balaban J connectivity index is 1.43. The van der Waals surface area contributed by atoms with Crippen LogP contribution in [-0.4, -0.2) is 59.1 Å². The van der Waals surface area contributed by atoms with Gasteiger partial charge in [-0.2, -0.15) is 15.2 Å². The number of hydrogen-bond donors (Lipinski definition) is 2. The molecule has 1 fully saturated rings. The van der Waals surface area contributed by atoms with Gasteiger partial charge in [-0.3, -0.25) is 10.1 Å². The molecular weight excluding hydrogens is 324 g/mol. The summed E-state index contributed by atoms with van der Waals surface area (Å²) in [7, 11) is 0. The van der Waals surface area contributed by atoms with Crippen LogP contribution in [0.5, 0.6) is 0 Å². The van der Waals surface area contributed by atoms with Crippen LogP contribution in [0.2, 0.25) is 0 Å². The van der Waals surface area contributed by atoms with Crippen molar-refractivity contribution in [3.05, 3.63) is 31.1 Å². The molecule has 1 aliphatic heterocycles. The Morgan fingerprint density at radius 3 is 2.84 bits per heavy atom. The van der Waals surface area contributed by atoms with E-state index in [1.807, 2.05) is 12.1 Å². The highest BCUT2D eigenvalue weighted by molar-refractivity contribution is 5.91. The number of nitrogens with one attached hydrogen (secondary N) is 2. The van der Waals surface area contributed by atoms with E-state index in [2.05, 4.69) is 45.7 Å². The van der Waals surface area contributed by atoms with Gasteiger partial charge in [0.2, 0.25) is 11.9 Å². The number of aromatic nitrogens is 8. The molecule has 1 aliphatic rings. The molecule has 4 heterocycles. The minimum atomic E-state index is -0.143. The van der Waals surface area contributed by atoms with Gasteiger partial charge < -0.3 is 4.90 Å². The van der Waals surface area contributed by atoms with Crippen LogP contribution in [0.15, 0.2) is 31.1 Å². The van der Waals surface area contributed by atoms with Crippen LogP contribution in [0.3, 0.4) is 0 Å². The lowest BCUT2D eigenvalue weighted by Gasteiger charge is -2.32. The molecule has 3 aromatic heterocycles. The van der Waals surface area contributed by atoms with Crippen LogP contribution < -0.4 is 10.2 Å². The van der Waals surface area contributed by atoms with Crippen molar-refractivity contribution in [3.63, 3.8) is 0 Å². The predicted molar refractivity (Wildman–Crippen MR) is 86.9 cm³/mol. The topological polar surface area (TPSA) is 130 Å². The van der Waals surface area contributed by atoms with Crippen molar-refractivity contribution in [2.45, 2.75) is 12.8 Å². The zero-order valence-corrected chi connectivity index (χ0v) is 13.3. The lowest BCUT2D eigenvalue weighted by Crippen LogP contribution is -2.41. The first-order valence-electron chi connectivity index (χ1n) is 7.89. The highest BCUT2D eigenvalue weighted by atomic mass is 16.2. The monoisotopic (exact) mass is 340 g/mol. The molecule has 2 N–H and O–H groups in total. The van der Waals surface area contributed by atoms with E-state index in [1.54, 1.807) is 11.0 Å². The predicted octanol–water partition coefficient (Wildman–Crippen LogP) is 0.0305. The van der Waals surface area contributed by atoms with Gasteiger partial charge >= 0.3 is 0 Å². The van der Waals surface area contributed by atoms with Gasteiger partial charge in [0.25, 0.3) is 0 Å². The Labute approximate surface area is 142 Å². The highest BCUT2D eigenvalue weighted by Gasteiger charge is 2.27. The van der Waals surface area contributed by atoms with Crippen LogP contribution in [0.1, 0.15) is 12.8 Å². The second-order valence-corrected chi connectivity index (χ2v) is 5.70. The zero-order valence-electron chi connectivity index (χ0n) is 13.3. The van der Waals surface area contributed by atoms with Crippen LogP contribution in [0.25, 0.3) is 5.82 Å². The average molecular weight is 340 g/mol. The lowest BCUT2D eigenvalue weighted by molar-refractivity contribution is -0.120. The minimum Gasteiger partial charge on any atom is -0.354 e. The first kappa shape index (κ1) is 15.2. The number of anilines is 2. The average Bonchev–Trinajstić information content (AvgIpc) is 3.36. The van der Waals surface area contributed by atoms with Gasteiger partial charge in [0.1, 0.15) is 19.0 Å². The maximum Gasteiger partial charge on any atom is 0.231 e. The molecule has 0 bridgehead atoms. The summed E-state index contributed by atoms with van der Waals surface area (Å²) in [5.41, 5.74) is 0. The number of carbonyl (C=O) groups excluding carboxylic acids is 1. The maximum absolute atomic E-state index is 12.4. The fourth-order valence-corrected chi connectivity index (χ4v) is 2.82. The Morgan fingerprint density at radius 1 is 1.24 bits per heavy atom. The van der Waals surface area contributed by atoms with Gasteiger partial charge in [-0.25, -0.2) is 14.8 Å². The van der Waals surface area contributed by atoms with E-state index in [1.165, 1.54) is 12.7 Å².